The van der Waals surface area contributed by atoms with E-state index in [0.717, 1.165) is 5.56 Å². The summed E-state index contributed by atoms with van der Waals surface area (Å²) < 4.78 is 28.2. The number of aromatic nitrogens is 1. The van der Waals surface area contributed by atoms with Crippen molar-refractivity contribution in [3.05, 3.63) is 66.5 Å². The maximum absolute atomic E-state index is 12.7. The molecule has 3 heterocycles. The second kappa shape index (κ2) is 8.64. The van der Waals surface area contributed by atoms with E-state index in [1.165, 1.54) is 19.1 Å². The van der Waals surface area contributed by atoms with Crippen molar-refractivity contribution in [3.63, 3.8) is 0 Å². The average molecular weight is 411 g/mol. The zero-order chi connectivity index (χ0) is 21.1. The van der Waals surface area contributed by atoms with Gasteiger partial charge in [-0.15, -0.1) is 0 Å². The van der Waals surface area contributed by atoms with Gasteiger partial charge in [0.25, 0.3) is 0 Å². The number of fused-ring (bicyclic) bond motifs is 1. The van der Waals surface area contributed by atoms with E-state index in [4.69, 9.17) is 23.7 Å². The van der Waals surface area contributed by atoms with E-state index in [1.807, 2.05) is 6.07 Å². The topological polar surface area (TPSA) is 93.2 Å². The molecule has 1 aromatic carbocycles. The van der Waals surface area contributed by atoms with Crippen molar-refractivity contribution in [1.82, 2.24) is 4.98 Å². The number of rotatable bonds is 6. The highest BCUT2D eigenvalue weighted by molar-refractivity contribution is 5.93. The third-order valence-corrected chi connectivity index (χ3v) is 4.86. The van der Waals surface area contributed by atoms with Crippen LogP contribution in [0.3, 0.4) is 0 Å². The third-order valence-electron chi connectivity index (χ3n) is 4.86. The van der Waals surface area contributed by atoms with E-state index < -0.39 is 24.1 Å². The minimum atomic E-state index is -0.617. The molecule has 0 amide bonds. The highest BCUT2D eigenvalue weighted by Gasteiger charge is 2.51. The monoisotopic (exact) mass is 411 g/mol. The fourth-order valence-corrected chi connectivity index (χ4v) is 3.49. The van der Waals surface area contributed by atoms with Gasteiger partial charge in [0.05, 0.1) is 13.2 Å². The second-order valence-corrected chi connectivity index (χ2v) is 6.95. The van der Waals surface area contributed by atoms with Crippen LogP contribution >= 0.6 is 0 Å². The summed E-state index contributed by atoms with van der Waals surface area (Å²) in [5.41, 5.74) is 0.927. The van der Waals surface area contributed by atoms with Crippen molar-refractivity contribution in [2.24, 2.45) is 0 Å². The molecule has 0 spiro atoms. The fraction of sp³-hybridized carbons (Fsp3) is 0.318. The molecule has 2 aromatic rings. The van der Waals surface area contributed by atoms with Crippen LogP contribution in [0.2, 0.25) is 0 Å². The molecule has 2 saturated heterocycles. The predicted molar refractivity (Wildman–Crippen MR) is 105 cm³/mol. The molecular formula is C22H21NO7. The highest BCUT2D eigenvalue weighted by atomic mass is 16.7. The van der Waals surface area contributed by atoms with Gasteiger partial charge in [0.2, 0.25) is 0 Å². The molecule has 1 unspecified atom stereocenters. The Labute approximate surface area is 173 Å². The van der Waals surface area contributed by atoms with Gasteiger partial charge in [-0.2, -0.15) is 0 Å². The number of para-hydroxylation sites is 1. The van der Waals surface area contributed by atoms with Crippen molar-refractivity contribution in [2.45, 2.75) is 31.3 Å². The fourth-order valence-electron chi connectivity index (χ4n) is 3.49. The van der Waals surface area contributed by atoms with Crippen LogP contribution in [-0.4, -0.2) is 54.6 Å². The molecule has 4 atom stereocenters. The van der Waals surface area contributed by atoms with Gasteiger partial charge in [0.1, 0.15) is 29.3 Å². The molecule has 2 fully saturated rings. The van der Waals surface area contributed by atoms with E-state index >= 15 is 0 Å². The summed E-state index contributed by atoms with van der Waals surface area (Å²) in [6, 6.07) is 10.0. The van der Waals surface area contributed by atoms with Crippen LogP contribution < -0.4 is 4.74 Å². The number of hydrogen-bond donors (Lipinski definition) is 0. The number of carbonyl (C=O) groups is 2. The molecule has 0 aliphatic carbocycles. The first-order valence-electron chi connectivity index (χ1n) is 9.50. The maximum atomic E-state index is 12.7. The first-order valence-corrected chi connectivity index (χ1v) is 9.50. The van der Waals surface area contributed by atoms with E-state index in [-0.39, 0.29) is 36.7 Å². The van der Waals surface area contributed by atoms with Crippen LogP contribution in [-0.2, 0) is 23.7 Å². The Hall–Kier alpha value is -3.23. The Morgan fingerprint density at radius 1 is 1.03 bits per heavy atom. The molecule has 1 aromatic heterocycles. The standard InChI is InChI=1S/C22H21NO7/c1-13(15-6-5-9-23-10-15)28-18-11-26-21-19(12-27-20(18)21)30-22(25)16-7-3-4-8-17(16)29-14(2)24/h3-10,18-21H,1,11-12H2,2H3/t18?,19-,20+,21+/m0/s1. The number of carbonyl (C=O) groups excluding carboxylic acids is 2. The molecule has 8 nitrogen and oxygen atoms in total. The Morgan fingerprint density at radius 2 is 1.73 bits per heavy atom. The van der Waals surface area contributed by atoms with Gasteiger partial charge >= 0.3 is 11.9 Å². The molecule has 8 heteroatoms. The molecular weight excluding hydrogens is 390 g/mol. The second-order valence-electron chi connectivity index (χ2n) is 6.95. The summed E-state index contributed by atoms with van der Waals surface area (Å²) in [6.45, 7) is 5.67. The van der Waals surface area contributed by atoms with Gasteiger partial charge in [-0.3, -0.25) is 9.78 Å². The van der Waals surface area contributed by atoms with E-state index in [0.29, 0.717) is 5.76 Å². The minimum Gasteiger partial charge on any atom is -0.485 e. The van der Waals surface area contributed by atoms with Gasteiger partial charge in [-0.1, -0.05) is 18.7 Å². The van der Waals surface area contributed by atoms with E-state index in [9.17, 15) is 9.59 Å². The van der Waals surface area contributed by atoms with Gasteiger partial charge < -0.3 is 23.7 Å². The summed E-state index contributed by atoms with van der Waals surface area (Å²) >= 11 is 0. The summed E-state index contributed by atoms with van der Waals surface area (Å²) in [7, 11) is 0. The van der Waals surface area contributed by atoms with Crippen LogP contribution in [0, 0.1) is 0 Å². The Bertz CT molecular complexity index is 946. The van der Waals surface area contributed by atoms with Crippen molar-refractivity contribution in [1.29, 1.82) is 0 Å². The van der Waals surface area contributed by atoms with Crippen LogP contribution in [0.25, 0.3) is 5.76 Å². The van der Waals surface area contributed by atoms with Crippen molar-refractivity contribution in [2.75, 3.05) is 13.2 Å². The normalized spacial score (nSPS) is 24.7. The zero-order valence-electron chi connectivity index (χ0n) is 16.4. The number of pyridine rings is 1. The van der Waals surface area contributed by atoms with Gasteiger partial charge in [0.15, 0.2) is 12.2 Å². The highest BCUT2D eigenvalue weighted by Crippen LogP contribution is 2.33. The molecule has 0 radical (unpaired) electrons. The SMILES string of the molecule is C=C(OC1CO[C@@H]2[C@@H](OC(=O)c3ccccc3OC(C)=O)CO[C@H]12)c1cccnc1. The Kier molecular flexibility index (Phi) is 5.78. The van der Waals surface area contributed by atoms with Crippen LogP contribution in [0.5, 0.6) is 5.75 Å². The largest absolute Gasteiger partial charge is 0.485 e. The number of esters is 2. The Morgan fingerprint density at radius 3 is 2.40 bits per heavy atom. The molecule has 0 N–H and O–H groups in total. The molecule has 2 aliphatic heterocycles. The average Bonchev–Trinajstić information content (AvgIpc) is 3.32. The lowest BCUT2D eigenvalue weighted by Crippen LogP contribution is -2.35. The lowest BCUT2D eigenvalue weighted by atomic mass is 10.1. The summed E-state index contributed by atoms with van der Waals surface area (Å²) in [6.07, 6.45) is 1.51. The zero-order valence-corrected chi connectivity index (χ0v) is 16.4. The number of benzene rings is 1. The molecule has 4 rings (SSSR count). The minimum absolute atomic E-state index is 0.145. The van der Waals surface area contributed by atoms with Gasteiger partial charge in [0, 0.05) is 24.9 Å². The smallest absolute Gasteiger partial charge is 0.342 e. The predicted octanol–water partition coefficient (Wildman–Crippen LogP) is 2.39. The maximum Gasteiger partial charge on any atom is 0.342 e. The van der Waals surface area contributed by atoms with E-state index in [1.54, 1.807) is 30.6 Å². The van der Waals surface area contributed by atoms with Crippen LogP contribution in [0.1, 0.15) is 22.8 Å². The molecule has 0 saturated carbocycles. The van der Waals surface area contributed by atoms with Crippen LogP contribution in [0.4, 0.5) is 0 Å². The lowest BCUT2D eigenvalue weighted by molar-refractivity contribution is -0.131. The first-order chi connectivity index (χ1) is 14.5. The lowest BCUT2D eigenvalue weighted by Gasteiger charge is -2.19. The molecule has 0 bridgehead atoms. The van der Waals surface area contributed by atoms with Gasteiger partial charge in [-0.25, -0.2) is 4.79 Å². The summed E-state index contributed by atoms with van der Waals surface area (Å²) in [5, 5.41) is 0. The summed E-state index contributed by atoms with van der Waals surface area (Å²) in [5.74, 6) is -0.523. The number of nitrogens with zero attached hydrogens (tertiary/aromatic N) is 1. The van der Waals surface area contributed by atoms with Crippen molar-refractivity contribution >= 4 is 17.7 Å². The molecule has 30 heavy (non-hydrogen) atoms. The number of hydrogen-bond acceptors (Lipinski definition) is 8. The Balaban J connectivity index is 1.39. The quantitative estimate of drug-likeness (QED) is 0.406. The third kappa shape index (κ3) is 4.19. The number of ether oxygens (including phenoxy) is 5. The van der Waals surface area contributed by atoms with Crippen molar-refractivity contribution < 1.29 is 33.3 Å². The summed E-state index contributed by atoms with van der Waals surface area (Å²) in [4.78, 5) is 28.0. The van der Waals surface area contributed by atoms with Crippen molar-refractivity contribution in [3.8, 4) is 5.75 Å². The first kappa shape index (κ1) is 20.1. The van der Waals surface area contributed by atoms with Crippen LogP contribution in [0.15, 0.2) is 55.4 Å². The van der Waals surface area contributed by atoms with Gasteiger partial charge in [-0.05, 0) is 24.3 Å². The molecule has 2 aliphatic rings. The molecule has 156 valence electrons. The van der Waals surface area contributed by atoms with E-state index in [2.05, 4.69) is 11.6 Å².